The fraction of sp³-hybridized carbons (Fsp3) is 0.714. The Morgan fingerprint density at radius 1 is 1.38 bits per heavy atom. The number of rotatable bonds is 6. The van der Waals surface area contributed by atoms with Gasteiger partial charge in [-0.1, -0.05) is 19.3 Å². The van der Waals surface area contributed by atoms with Gasteiger partial charge in [0.15, 0.2) is 0 Å². The Hall–Kier alpha value is -0.340. The molecule has 1 aromatic heterocycles. The van der Waals surface area contributed by atoms with E-state index in [-0.39, 0.29) is 0 Å². The van der Waals surface area contributed by atoms with Crippen LogP contribution in [0.1, 0.15) is 45.1 Å². The monoisotopic (exact) mass is 237 g/mol. The van der Waals surface area contributed by atoms with Crippen LogP contribution >= 0.6 is 11.3 Å². The van der Waals surface area contributed by atoms with Crippen LogP contribution < -0.4 is 5.32 Å². The highest BCUT2D eigenvalue weighted by Crippen LogP contribution is 2.30. The first-order chi connectivity index (χ1) is 7.74. The van der Waals surface area contributed by atoms with Crippen molar-refractivity contribution >= 4 is 11.3 Å². The lowest BCUT2D eigenvalue weighted by atomic mass is 9.81. The Balaban J connectivity index is 1.67. The first-order valence-electron chi connectivity index (χ1n) is 6.51. The van der Waals surface area contributed by atoms with Gasteiger partial charge >= 0.3 is 0 Å². The minimum atomic E-state index is 0.602. The van der Waals surface area contributed by atoms with Crippen LogP contribution in [-0.4, -0.2) is 12.1 Å². The molecule has 1 fully saturated rings. The summed E-state index contributed by atoms with van der Waals surface area (Å²) < 4.78 is 0. The van der Waals surface area contributed by atoms with Crippen LogP contribution in [0.3, 0.4) is 0 Å². The van der Waals surface area contributed by atoms with Crippen molar-refractivity contribution in [3.8, 4) is 0 Å². The summed E-state index contributed by atoms with van der Waals surface area (Å²) >= 11 is 1.80. The van der Waals surface area contributed by atoms with E-state index in [9.17, 15) is 0 Å². The number of hydrogen-bond acceptors (Lipinski definition) is 2. The molecule has 2 rings (SSSR count). The molecule has 0 bridgehead atoms. The second kappa shape index (κ2) is 5.83. The van der Waals surface area contributed by atoms with Crippen molar-refractivity contribution in [1.82, 2.24) is 5.32 Å². The highest BCUT2D eigenvalue weighted by atomic mass is 32.1. The third kappa shape index (κ3) is 3.60. The zero-order chi connectivity index (χ0) is 11.4. The predicted molar refractivity (Wildman–Crippen MR) is 72.0 cm³/mol. The average molecular weight is 237 g/mol. The molecular formula is C14H23NS. The molecule has 0 saturated heterocycles. The van der Waals surface area contributed by atoms with E-state index in [0.29, 0.717) is 12.1 Å². The summed E-state index contributed by atoms with van der Waals surface area (Å²) in [6.45, 7) is 4.64. The summed E-state index contributed by atoms with van der Waals surface area (Å²) in [6, 6.07) is 3.52. The van der Waals surface area contributed by atoms with Crippen LogP contribution in [0.5, 0.6) is 0 Å². The molecular weight excluding hydrogens is 214 g/mol. The molecule has 2 unspecified atom stereocenters. The molecule has 0 aromatic carbocycles. The normalized spacial score (nSPS) is 20.4. The van der Waals surface area contributed by atoms with Gasteiger partial charge in [-0.3, -0.25) is 0 Å². The van der Waals surface area contributed by atoms with Gasteiger partial charge in [0.2, 0.25) is 0 Å². The molecule has 0 amide bonds. The summed E-state index contributed by atoms with van der Waals surface area (Å²) in [7, 11) is 0. The lowest BCUT2D eigenvalue weighted by Gasteiger charge is -2.30. The maximum atomic E-state index is 3.72. The maximum Gasteiger partial charge on any atom is 0.00819 e. The first-order valence-corrected chi connectivity index (χ1v) is 7.45. The van der Waals surface area contributed by atoms with Crippen molar-refractivity contribution in [1.29, 1.82) is 0 Å². The molecule has 1 nitrogen and oxygen atoms in total. The van der Waals surface area contributed by atoms with Gasteiger partial charge in [0.1, 0.15) is 0 Å². The van der Waals surface area contributed by atoms with Gasteiger partial charge in [-0.25, -0.2) is 0 Å². The van der Waals surface area contributed by atoms with E-state index in [1.165, 1.54) is 37.7 Å². The second-order valence-electron chi connectivity index (χ2n) is 5.34. The molecule has 0 aliphatic heterocycles. The van der Waals surface area contributed by atoms with Crippen molar-refractivity contribution < 1.29 is 0 Å². The van der Waals surface area contributed by atoms with Crippen LogP contribution in [0, 0.1) is 5.92 Å². The topological polar surface area (TPSA) is 12.0 Å². The summed E-state index contributed by atoms with van der Waals surface area (Å²) in [5, 5.41) is 8.15. The standard InChI is InChI=1S/C14H23NS/c1-11(8-13-4-3-5-13)15-12(2)9-14-6-7-16-10-14/h6-7,10-13,15H,3-5,8-9H2,1-2H3. The van der Waals surface area contributed by atoms with Crippen LogP contribution in [0.15, 0.2) is 16.8 Å². The first kappa shape index (κ1) is 12.1. The number of hydrogen-bond donors (Lipinski definition) is 1. The van der Waals surface area contributed by atoms with Gasteiger partial charge < -0.3 is 5.32 Å². The quantitative estimate of drug-likeness (QED) is 0.792. The van der Waals surface area contributed by atoms with E-state index in [2.05, 4.69) is 36.0 Å². The van der Waals surface area contributed by atoms with Crippen molar-refractivity contribution in [2.75, 3.05) is 0 Å². The fourth-order valence-electron chi connectivity index (χ4n) is 2.60. The molecule has 1 aromatic rings. The Morgan fingerprint density at radius 3 is 2.75 bits per heavy atom. The van der Waals surface area contributed by atoms with Gasteiger partial charge in [-0.2, -0.15) is 11.3 Å². The lowest BCUT2D eigenvalue weighted by molar-refractivity contribution is 0.259. The molecule has 1 saturated carbocycles. The van der Waals surface area contributed by atoms with E-state index >= 15 is 0 Å². The van der Waals surface area contributed by atoms with Gasteiger partial charge in [-0.15, -0.1) is 0 Å². The van der Waals surface area contributed by atoms with E-state index in [0.717, 1.165) is 5.92 Å². The molecule has 0 spiro atoms. The van der Waals surface area contributed by atoms with E-state index in [1.54, 1.807) is 11.3 Å². The minimum Gasteiger partial charge on any atom is -0.311 e. The summed E-state index contributed by atoms with van der Waals surface area (Å²) in [5.74, 6) is 1.01. The van der Waals surface area contributed by atoms with Crippen LogP contribution in [0.25, 0.3) is 0 Å². The second-order valence-corrected chi connectivity index (χ2v) is 6.12. The highest BCUT2D eigenvalue weighted by Gasteiger charge is 2.20. The summed E-state index contributed by atoms with van der Waals surface area (Å²) in [5.41, 5.74) is 1.47. The van der Waals surface area contributed by atoms with Crippen LogP contribution in [0.2, 0.25) is 0 Å². The van der Waals surface area contributed by atoms with Crippen molar-refractivity contribution in [3.63, 3.8) is 0 Å². The third-order valence-electron chi connectivity index (χ3n) is 3.60. The molecule has 1 aliphatic carbocycles. The van der Waals surface area contributed by atoms with Gasteiger partial charge in [0.25, 0.3) is 0 Å². The molecule has 0 radical (unpaired) electrons. The molecule has 2 atom stereocenters. The van der Waals surface area contributed by atoms with Crippen LogP contribution in [-0.2, 0) is 6.42 Å². The van der Waals surface area contributed by atoms with E-state index in [1.807, 2.05) is 0 Å². The van der Waals surface area contributed by atoms with Gasteiger partial charge in [-0.05, 0) is 55.0 Å². The number of nitrogens with one attached hydrogen (secondary N) is 1. The summed E-state index contributed by atoms with van der Waals surface area (Å²) in [6.07, 6.45) is 6.92. The zero-order valence-electron chi connectivity index (χ0n) is 10.4. The van der Waals surface area contributed by atoms with Gasteiger partial charge in [0.05, 0.1) is 0 Å². The SMILES string of the molecule is CC(Cc1ccsc1)NC(C)CC1CCC1. The van der Waals surface area contributed by atoms with Crippen molar-refractivity contribution in [2.24, 2.45) is 5.92 Å². The molecule has 2 heteroatoms. The largest absolute Gasteiger partial charge is 0.311 e. The lowest BCUT2D eigenvalue weighted by Crippen LogP contribution is -2.37. The predicted octanol–water partition coefficient (Wildman–Crippen LogP) is 3.85. The maximum absolute atomic E-state index is 3.72. The molecule has 1 aliphatic rings. The zero-order valence-corrected chi connectivity index (χ0v) is 11.2. The van der Waals surface area contributed by atoms with Crippen molar-refractivity contribution in [3.05, 3.63) is 22.4 Å². The van der Waals surface area contributed by atoms with Gasteiger partial charge in [0, 0.05) is 12.1 Å². The Morgan fingerprint density at radius 2 is 2.19 bits per heavy atom. The third-order valence-corrected chi connectivity index (χ3v) is 4.33. The molecule has 1 N–H and O–H groups in total. The molecule has 90 valence electrons. The highest BCUT2D eigenvalue weighted by molar-refractivity contribution is 7.07. The molecule has 16 heavy (non-hydrogen) atoms. The average Bonchev–Trinajstić information content (AvgIpc) is 2.63. The van der Waals surface area contributed by atoms with E-state index < -0.39 is 0 Å². The summed E-state index contributed by atoms with van der Waals surface area (Å²) in [4.78, 5) is 0. The Kier molecular flexibility index (Phi) is 4.42. The van der Waals surface area contributed by atoms with E-state index in [4.69, 9.17) is 0 Å². The fourth-order valence-corrected chi connectivity index (χ4v) is 3.29. The molecule has 1 heterocycles. The number of thiophene rings is 1. The smallest absolute Gasteiger partial charge is 0.00819 e. The Labute approximate surface area is 103 Å². The van der Waals surface area contributed by atoms with Crippen molar-refractivity contribution in [2.45, 2.75) is 58.0 Å². The Bertz CT molecular complexity index is 290. The minimum absolute atomic E-state index is 0.602. The van der Waals surface area contributed by atoms with Crippen LogP contribution in [0.4, 0.5) is 0 Å².